The maximum atomic E-state index is 11.4. The highest BCUT2D eigenvalue weighted by atomic mass is 32.1. The first-order valence-electron chi connectivity index (χ1n) is 6.57. The van der Waals surface area contributed by atoms with Gasteiger partial charge in [0.05, 0.1) is 0 Å². The Morgan fingerprint density at radius 1 is 0.909 bits per heavy atom. The number of nitrogens with zero attached hydrogens (tertiary/aromatic N) is 1. The van der Waals surface area contributed by atoms with Crippen LogP contribution in [0.25, 0.3) is 0 Å². The van der Waals surface area contributed by atoms with Crippen molar-refractivity contribution in [2.45, 2.75) is 0 Å². The van der Waals surface area contributed by atoms with E-state index in [-0.39, 0.29) is 11.1 Å². The van der Waals surface area contributed by atoms with Gasteiger partial charge in [0, 0.05) is 17.1 Å². The molecule has 3 N–H and O–H groups in total. The fourth-order valence-corrected chi connectivity index (χ4v) is 2.65. The molecule has 2 aromatic carbocycles. The minimum absolute atomic E-state index is 0.108. The molecule has 6 heteroatoms. The first-order valence-corrected chi connectivity index (χ1v) is 7.38. The zero-order valence-electron chi connectivity index (χ0n) is 11.5. The lowest BCUT2D eigenvalue weighted by Crippen LogP contribution is -2.02. The van der Waals surface area contributed by atoms with E-state index >= 15 is 0 Å². The topological polar surface area (TPSA) is 80.7 Å². The number of anilines is 4. The zero-order valence-corrected chi connectivity index (χ0v) is 12.3. The smallest absolute Gasteiger partial charge is 0.278 e. The standard InChI is InChI=1S/C16H12N4OS/c17-10-14-15(21)20-22-16(14)19-13-8-6-12(7-9-13)18-11-4-2-1-3-5-11/h1-9,18-19H,(H,20,21). The first kappa shape index (κ1) is 13.9. The van der Waals surface area contributed by atoms with Gasteiger partial charge in [-0.15, -0.1) is 0 Å². The van der Waals surface area contributed by atoms with Crippen molar-refractivity contribution in [1.82, 2.24) is 4.37 Å². The van der Waals surface area contributed by atoms with Gasteiger partial charge in [0.2, 0.25) is 0 Å². The Morgan fingerprint density at radius 3 is 2.14 bits per heavy atom. The monoisotopic (exact) mass is 308 g/mol. The second-order valence-electron chi connectivity index (χ2n) is 4.54. The molecule has 5 nitrogen and oxygen atoms in total. The lowest BCUT2D eigenvalue weighted by molar-refractivity contribution is 1.38. The molecule has 3 rings (SSSR count). The SMILES string of the molecule is N#Cc1c(Nc2ccc(Nc3ccccc3)cc2)s[nH]c1=O. The van der Waals surface area contributed by atoms with Crippen molar-refractivity contribution in [2.75, 3.05) is 10.6 Å². The van der Waals surface area contributed by atoms with Crippen LogP contribution in [0.15, 0.2) is 59.4 Å². The van der Waals surface area contributed by atoms with Crippen LogP contribution in [0.4, 0.5) is 22.1 Å². The number of aromatic nitrogens is 1. The minimum atomic E-state index is -0.364. The molecule has 0 unspecified atom stereocenters. The van der Waals surface area contributed by atoms with Crippen molar-refractivity contribution in [3.8, 4) is 6.07 Å². The van der Waals surface area contributed by atoms with E-state index in [1.807, 2.05) is 60.7 Å². The fourth-order valence-electron chi connectivity index (χ4n) is 1.95. The molecule has 0 radical (unpaired) electrons. The number of hydrogen-bond acceptors (Lipinski definition) is 5. The van der Waals surface area contributed by atoms with E-state index in [0.29, 0.717) is 5.00 Å². The molecule has 0 bridgehead atoms. The van der Waals surface area contributed by atoms with Crippen LogP contribution < -0.4 is 16.2 Å². The summed E-state index contributed by atoms with van der Waals surface area (Å²) in [5, 5.41) is 15.8. The Morgan fingerprint density at radius 2 is 1.50 bits per heavy atom. The van der Waals surface area contributed by atoms with Crippen LogP contribution in [-0.2, 0) is 0 Å². The molecule has 0 atom stereocenters. The molecule has 1 aromatic heterocycles. The molecular formula is C16H12N4OS. The largest absolute Gasteiger partial charge is 0.356 e. The van der Waals surface area contributed by atoms with Crippen molar-refractivity contribution in [2.24, 2.45) is 0 Å². The Labute approximate surface area is 131 Å². The zero-order chi connectivity index (χ0) is 15.4. The van der Waals surface area contributed by atoms with Gasteiger partial charge in [-0.3, -0.25) is 9.17 Å². The normalized spacial score (nSPS) is 9.95. The first-order chi connectivity index (χ1) is 10.8. The molecule has 0 saturated heterocycles. The third kappa shape index (κ3) is 3.00. The molecule has 0 aliphatic carbocycles. The van der Waals surface area contributed by atoms with E-state index in [0.717, 1.165) is 28.6 Å². The van der Waals surface area contributed by atoms with E-state index in [1.54, 1.807) is 0 Å². The maximum Gasteiger partial charge on any atom is 0.278 e. The van der Waals surface area contributed by atoms with Crippen molar-refractivity contribution < 1.29 is 0 Å². The molecule has 22 heavy (non-hydrogen) atoms. The summed E-state index contributed by atoms with van der Waals surface area (Å²) < 4.78 is 2.54. The second kappa shape index (κ2) is 6.16. The third-order valence-corrected chi connectivity index (χ3v) is 3.81. The number of nitriles is 1. The van der Waals surface area contributed by atoms with E-state index in [2.05, 4.69) is 15.0 Å². The molecule has 0 amide bonds. The number of aromatic amines is 1. The Bertz CT molecular complexity index is 860. The molecule has 0 spiro atoms. The highest BCUT2D eigenvalue weighted by Crippen LogP contribution is 2.24. The summed E-state index contributed by atoms with van der Waals surface area (Å²) in [5.74, 6) is 0. The summed E-state index contributed by atoms with van der Waals surface area (Å²) in [7, 11) is 0. The Kier molecular flexibility index (Phi) is 3.90. The van der Waals surface area contributed by atoms with Gasteiger partial charge in [0.15, 0.2) is 5.56 Å². The van der Waals surface area contributed by atoms with Crippen LogP contribution in [0.3, 0.4) is 0 Å². The van der Waals surface area contributed by atoms with Crippen molar-refractivity contribution in [3.05, 3.63) is 70.5 Å². The van der Waals surface area contributed by atoms with Crippen LogP contribution >= 0.6 is 11.5 Å². The van der Waals surface area contributed by atoms with Crippen LogP contribution in [0.1, 0.15) is 5.56 Å². The van der Waals surface area contributed by atoms with Gasteiger partial charge in [-0.25, -0.2) is 0 Å². The molecular weight excluding hydrogens is 296 g/mol. The van der Waals surface area contributed by atoms with Crippen LogP contribution in [0.2, 0.25) is 0 Å². The average Bonchev–Trinajstić information content (AvgIpc) is 2.90. The summed E-state index contributed by atoms with van der Waals surface area (Å²) in [6.07, 6.45) is 0. The quantitative estimate of drug-likeness (QED) is 0.685. The van der Waals surface area contributed by atoms with Crippen molar-refractivity contribution in [1.29, 1.82) is 5.26 Å². The van der Waals surface area contributed by atoms with Gasteiger partial charge < -0.3 is 10.6 Å². The van der Waals surface area contributed by atoms with E-state index in [9.17, 15) is 4.79 Å². The van der Waals surface area contributed by atoms with Gasteiger partial charge >= 0.3 is 0 Å². The molecule has 0 aliphatic rings. The number of nitrogens with one attached hydrogen (secondary N) is 3. The number of H-pyrrole nitrogens is 1. The highest BCUT2D eigenvalue weighted by molar-refractivity contribution is 7.10. The number of benzene rings is 2. The van der Waals surface area contributed by atoms with E-state index in [1.165, 1.54) is 0 Å². The van der Waals surface area contributed by atoms with Crippen LogP contribution in [0, 0.1) is 11.3 Å². The second-order valence-corrected chi connectivity index (χ2v) is 5.36. The Hall–Kier alpha value is -3.04. The molecule has 0 aliphatic heterocycles. The molecule has 108 valence electrons. The highest BCUT2D eigenvalue weighted by Gasteiger charge is 2.09. The predicted octanol–water partition coefficient (Wildman–Crippen LogP) is 3.80. The summed E-state index contributed by atoms with van der Waals surface area (Å²) in [4.78, 5) is 11.4. The third-order valence-electron chi connectivity index (χ3n) is 3.02. The van der Waals surface area contributed by atoms with E-state index < -0.39 is 0 Å². The van der Waals surface area contributed by atoms with Crippen LogP contribution in [-0.4, -0.2) is 4.37 Å². The van der Waals surface area contributed by atoms with Gasteiger partial charge in [-0.1, -0.05) is 18.2 Å². The molecule has 3 aromatic rings. The summed E-state index contributed by atoms with van der Waals surface area (Å²) >= 11 is 1.12. The predicted molar refractivity (Wildman–Crippen MR) is 89.1 cm³/mol. The summed E-state index contributed by atoms with van der Waals surface area (Å²) in [6, 6.07) is 19.4. The molecule has 0 saturated carbocycles. The van der Waals surface area contributed by atoms with Gasteiger partial charge in [-0.2, -0.15) is 5.26 Å². The van der Waals surface area contributed by atoms with E-state index in [4.69, 9.17) is 5.26 Å². The number of hydrogen-bond donors (Lipinski definition) is 3. The molecule has 1 heterocycles. The Balaban J connectivity index is 1.74. The summed E-state index contributed by atoms with van der Waals surface area (Å²) in [5.41, 5.74) is 2.53. The van der Waals surface area contributed by atoms with Crippen LogP contribution in [0.5, 0.6) is 0 Å². The maximum absolute atomic E-state index is 11.4. The number of para-hydroxylation sites is 1. The van der Waals surface area contributed by atoms with Gasteiger partial charge in [-0.05, 0) is 47.9 Å². The van der Waals surface area contributed by atoms with Gasteiger partial charge in [0.25, 0.3) is 5.56 Å². The van der Waals surface area contributed by atoms with Gasteiger partial charge in [0.1, 0.15) is 11.1 Å². The fraction of sp³-hybridized carbons (Fsp3) is 0. The number of rotatable bonds is 4. The summed E-state index contributed by atoms with van der Waals surface area (Å²) in [6.45, 7) is 0. The lowest BCUT2D eigenvalue weighted by atomic mass is 10.2. The van der Waals surface area contributed by atoms with Crippen molar-refractivity contribution in [3.63, 3.8) is 0 Å². The average molecular weight is 308 g/mol. The minimum Gasteiger partial charge on any atom is -0.356 e. The van der Waals surface area contributed by atoms with Crippen molar-refractivity contribution >= 4 is 33.6 Å². The molecule has 0 fully saturated rings. The lowest BCUT2D eigenvalue weighted by Gasteiger charge is -2.08.